The van der Waals surface area contributed by atoms with E-state index >= 15 is 0 Å². The van der Waals surface area contributed by atoms with Crippen LogP contribution in [0.1, 0.15) is 26.2 Å². The topological polar surface area (TPSA) is 90.4 Å². The lowest BCUT2D eigenvalue weighted by molar-refractivity contribution is -0.139. The molecule has 3 saturated heterocycles. The Balaban J connectivity index is 1.57. The van der Waals surface area contributed by atoms with Gasteiger partial charge in [-0.05, 0) is 61.6 Å². The van der Waals surface area contributed by atoms with Gasteiger partial charge in [-0.2, -0.15) is 0 Å². The fourth-order valence-corrected chi connectivity index (χ4v) is 9.73. The molecule has 9 heteroatoms. The molecule has 0 radical (unpaired) electrons. The van der Waals surface area contributed by atoms with Crippen LogP contribution in [-0.4, -0.2) is 77.1 Å². The zero-order chi connectivity index (χ0) is 30.7. The molecule has 2 bridgehead atoms. The van der Waals surface area contributed by atoms with E-state index in [0.717, 1.165) is 12.1 Å². The van der Waals surface area contributed by atoms with Crippen LogP contribution in [0.5, 0.6) is 5.75 Å². The van der Waals surface area contributed by atoms with Gasteiger partial charge in [0.25, 0.3) is 5.91 Å². The first-order valence-corrected chi connectivity index (χ1v) is 15.8. The predicted octanol–water partition coefficient (Wildman–Crippen LogP) is 4.54. The van der Waals surface area contributed by atoms with Crippen molar-refractivity contribution in [3.63, 3.8) is 0 Å². The van der Waals surface area contributed by atoms with Crippen LogP contribution < -0.4 is 14.5 Å². The van der Waals surface area contributed by atoms with Crippen molar-refractivity contribution in [2.75, 3.05) is 43.2 Å². The van der Waals surface area contributed by atoms with E-state index in [2.05, 4.69) is 20.1 Å². The largest absolute Gasteiger partial charge is 0.497 e. The van der Waals surface area contributed by atoms with E-state index in [1.165, 1.54) is 0 Å². The fourth-order valence-electron chi connectivity index (χ4n) is 7.32. The Hall–Kier alpha value is -3.56. The molecule has 0 saturated carbocycles. The number of benzene rings is 2. The average Bonchev–Trinajstić information content (AvgIpc) is 3.62. The second-order valence-corrected chi connectivity index (χ2v) is 13.1. The van der Waals surface area contributed by atoms with Crippen molar-refractivity contribution in [2.24, 2.45) is 17.8 Å². The number of nitrogens with zero attached hydrogens (tertiary/aromatic N) is 3. The number of hydrogen-bond donors (Lipinski definition) is 1. The molecule has 1 spiro atoms. The summed E-state index contributed by atoms with van der Waals surface area (Å²) < 4.78 is 4.58. The van der Waals surface area contributed by atoms with Gasteiger partial charge in [-0.3, -0.25) is 14.4 Å². The smallest absolute Gasteiger partial charge is 0.251 e. The zero-order valence-electron chi connectivity index (χ0n) is 24.9. The molecule has 3 fully saturated rings. The molecule has 2 aromatic carbocycles. The van der Waals surface area contributed by atoms with Crippen molar-refractivity contribution in [2.45, 2.75) is 42.2 Å². The Kier molecular flexibility index (Phi) is 9.32. The monoisotopic (exact) mass is 603 g/mol. The summed E-state index contributed by atoms with van der Waals surface area (Å²) in [4.78, 5) is 48.8. The van der Waals surface area contributed by atoms with Crippen LogP contribution in [0.4, 0.5) is 11.4 Å². The van der Waals surface area contributed by atoms with Gasteiger partial charge in [-0.15, -0.1) is 24.9 Å². The summed E-state index contributed by atoms with van der Waals surface area (Å²) in [5.74, 6) is -0.877. The van der Waals surface area contributed by atoms with E-state index < -0.39 is 22.6 Å². The maximum absolute atomic E-state index is 14.8. The highest BCUT2D eigenvalue weighted by atomic mass is 32.2. The molecule has 3 unspecified atom stereocenters. The summed E-state index contributed by atoms with van der Waals surface area (Å²) in [7, 11) is 1.59. The van der Waals surface area contributed by atoms with Crippen LogP contribution in [0.15, 0.2) is 79.9 Å². The van der Waals surface area contributed by atoms with E-state index in [-0.39, 0.29) is 42.0 Å². The van der Waals surface area contributed by atoms with Crippen LogP contribution in [0.3, 0.4) is 0 Å². The third-order valence-corrected chi connectivity index (χ3v) is 11.3. The Morgan fingerprint density at radius 2 is 1.65 bits per heavy atom. The van der Waals surface area contributed by atoms with Crippen LogP contribution in [-0.2, 0) is 14.4 Å². The standard InChI is InChI=1S/C34H41N3O5S/c1-5-18-35(24-12-8-7-9-13-24)31(39)28-27-22-23(3)34(43-27)29(28)32(40)37(20-10-11-21-38)30(34)33(41)36(19-6-2)25-14-16-26(42-4)17-15-25/h5-9,12-17,23,27-30,38H,1-2,10-11,18-22H2,3-4H3/t23?,27-,28+,29-,30?,34?/m0/s1. The first-order valence-electron chi connectivity index (χ1n) is 15.0. The number of thioether (sulfide) groups is 1. The van der Waals surface area contributed by atoms with Gasteiger partial charge in [0.05, 0.1) is 23.7 Å². The molecule has 1 N–H and O–H groups in total. The second kappa shape index (κ2) is 13.0. The van der Waals surface area contributed by atoms with Gasteiger partial charge < -0.3 is 24.5 Å². The Labute approximate surface area is 258 Å². The van der Waals surface area contributed by atoms with Crippen LogP contribution in [0.25, 0.3) is 0 Å². The minimum atomic E-state index is -0.752. The molecule has 8 nitrogen and oxygen atoms in total. The molecule has 5 rings (SSSR count). The Morgan fingerprint density at radius 3 is 2.26 bits per heavy atom. The van der Waals surface area contributed by atoms with Crippen molar-refractivity contribution in [1.29, 1.82) is 0 Å². The number of amides is 3. The van der Waals surface area contributed by atoms with Crippen LogP contribution in [0.2, 0.25) is 0 Å². The first kappa shape index (κ1) is 30.9. The molecule has 2 aromatic rings. The zero-order valence-corrected chi connectivity index (χ0v) is 25.7. The Bertz CT molecular complexity index is 1350. The van der Waals surface area contributed by atoms with Crippen molar-refractivity contribution in [1.82, 2.24) is 4.90 Å². The van der Waals surface area contributed by atoms with E-state index in [1.807, 2.05) is 54.6 Å². The number of ether oxygens (including phenoxy) is 1. The first-order chi connectivity index (χ1) is 20.8. The van der Waals surface area contributed by atoms with Gasteiger partial charge in [0.1, 0.15) is 11.8 Å². The lowest BCUT2D eigenvalue weighted by Crippen LogP contribution is -2.57. The number of carbonyl (C=O) groups is 3. The second-order valence-electron chi connectivity index (χ2n) is 11.5. The minimum absolute atomic E-state index is 0.00553. The molecular weight excluding hydrogens is 562 g/mol. The number of aliphatic hydroxyl groups excluding tert-OH is 1. The molecule has 3 heterocycles. The maximum atomic E-state index is 14.8. The van der Waals surface area contributed by atoms with Gasteiger partial charge in [-0.25, -0.2) is 0 Å². The van der Waals surface area contributed by atoms with E-state index in [9.17, 15) is 19.5 Å². The predicted molar refractivity (Wildman–Crippen MR) is 171 cm³/mol. The molecular formula is C34H41N3O5S. The number of rotatable bonds is 13. The van der Waals surface area contributed by atoms with Crippen LogP contribution in [0, 0.1) is 17.8 Å². The maximum Gasteiger partial charge on any atom is 0.251 e. The number of methoxy groups -OCH3 is 1. The molecule has 3 amide bonds. The number of unbranched alkanes of at least 4 members (excludes halogenated alkanes) is 1. The van der Waals surface area contributed by atoms with Gasteiger partial charge >= 0.3 is 0 Å². The van der Waals surface area contributed by atoms with Gasteiger partial charge in [-0.1, -0.05) is 37.3 Å². The normalized spacial score (nSPS) is 27.1. The average molecular weight is 604 g/mol. The molecule has 6 atom stereocenters. The highest BCUT2D eigenvalue weighted by Crippen LogP contribution is 2.69. The van der Waals surface area contributed by atoms with Gasteiger partial charge in [0.2, 0.25) is 11.8 Å². The summed E-state index contributed by atoms with van der Waals surface area (Å²) in [5.41, 5.74) is 1.45. The summed E-state index contributed by atoms with van der Waals surface area (Å²) in [6.07, 6.45) is 5.22. The van der Waals surface area contributed by atoms with Crippen molar-refractivity contribution >= 4 is 40.9 Å². The number of fused-ring (bicyclic) bond motifs is 1. The van der Waals surface area contributed by atoms with Crippen molar-refractivity contribution in [3.8, 4) is 5.75 Å². The lowest BCUT2D eigenvalue weighted by Gasteiger charge is -2.41. The third kappa shape index (κ3) is 5.27. The fraction of sp³-hybridized carbons (Fsp3) is 0.441. The van der Waals surface area contributed by atoms with Crippen molar-refractivity contribution < 1.29 is 24.2 Å². The highest BCUT2D eigenvalue weighted by molar-refractivity contribution is 8.02. The summed E-state index contributed by atoms with van der Waals surface area (Å²) >= 11 is 1.67. The minimum Gasteiger partial charge on any atom is -0.497 e. The summed E-state index contributed by atoms with van der Waals surface area (Å²) in [5, 5.41) is 9.44. The SMILES string of the molecule is C=CCN(C(=O)C1N(CCCCO)C(=O)[C@@H]2[C@H](C(=O)N(CC=C)c3ccccc3)[C@@H]3CC(C)C12S3)c1ccc(OC)cc1. The summed E-state index contributed by atoms with van der Waals surface area (Å²) in [6, 6.07) is 16.0. The molecule has 43 heavy (non-hydrogen) atoms. The van der Waals surface area contributed by atoms with E-state index in [4.69, 9.17) is 4.74 Å². The quantitative estimate of drug-likeness (QED) is 0.267. The van der Waals surface area contributed by atoms with Gasteiger partial charge in [0.15, 0.2) is 0 Å². The number of para-hydroxylation sites is 1. The molecule has 3 aliphatic rings. The Morgan fingerprint density at radius 1 is 1.02 bits per heavy atom. The summed E-state index contributed by atoms with van der Waals surface area (Å²) in [6.45, 7) is 10.8. The van der Waals surface area contributed by atoms with E-state index in [0.29, 0.717) is 37.4 Å². The van der Waals surface area contributed by atoms with Crippen LogP contribution >= 0.6 is 11.8 Å². The number of anilines is 2. The highest BCUT2D eigenvalue weighted by Gasteiger charge is 2.76. The molecule has 228 valence electrons. The molecule has 3 aliphatic heterocycles. The number of likely N-dealkylation sites (tertiary alicyclic amines) is 1. The number of aliphatic hydroxyl groups is 1. The van der Waals surface area contributed by atoms with Gasteiger partial charge in [0, 0.05) is 42.9 Å². The van der Waals surface area contributed by atoms with E-state index in [1.54, 1.807) is 45.7 Å². The molecule has 0 aliphatic carbocycles. The third-order valence-electron chi connectivity index (χ3n) is 9.18. The number of carbonyl (C=O) groups excluding carboxylic acids is 3. The van der Waals surface area contributed by atoms with Crippen molar-refractivity contribution in [3.05, 3.63) is 79.9 Å². The lowest BCUT2D eigenvalue weighted by atomic mass is 9.65. The number of hydrogen-bond acceptors (Lipinski definition) is 6. The molecule has 0 aromatic heterocycles.